The third-order valence-corrected chi connectivity index (χ3v) is 5.96. The maximum Gasteiger partial charge on any atom is 0.416 e. The molecule has 1 N–H and O–H groups in total. The first-order valence-corrected chi connectivity index (χ1v) is 10.3. The molecule has 0 radical (unpaired) electrons. The molecule has 3 amide bonds. The molecule has 9 heteroatoms. The van der Waals surface area contributed by atoms with Gasteiger partial charge in [-0.1, -0.05) is 18.6 Å². The van der Waals surface area contributed by atoms with Crippen LogP contribution < -0.4 is 5.32 Å². The van der Waals surface area contributed by atoms with Gasteiger partial charge in [0.15, 0.2) is 0 Å². The highest BCUT2D eigenvalue weighted by Gasteiger charge is 2.33. The Bertz CT molecular complexity index is 1070. The van der Waals surface area contributed by atoms with E-state index in [9.17, 15) is 27.6 Å². The maximum absolute atomic E-state index is 12.9. The minimum atomic E-state index is -4.39. The first-order valence-electron chi connectivity index (χ1n) is 10.3. The van der Waals surface area contributed by atoms with Crippen LogP contribution in [-0.2, 0) is 11.0 Å². The molecule has 1 unspecified atom stereocenters. The van der Waals surface area contributed by atoms with Gasteiger partial charge in [0, 0.05) is 18.8 Å². The van der Waals surface area contributed by atoms with E-state index < -0.39 is 17.6 Å². The Morgan fingerprint density at radius 3 is 2.41 bits per heavy atom. The number of benzene rings is 2. The van der Waals surface area contributed by atoms with Crippen LogP contribution in [0.5, 0.6) is 0 Å². The summed E-state index contributed by atoms with van der Waals surface area (Å²) in [6, 6.07) is 9.52. The summed E-state index contributed by atoms with van der Waals surface area (Å²) in [6.07, 6.45) is -1.81. The number of likely N-dealkylation sites (tertiary alicyclic amines) is 1. The van der Waals surface area contributed by atoms with Crippen molar-refractivity contribution in [3.63, 3.8) is 0 Å². The molecule has 0 saturated carbocycles. The lowest BCUT2D eigenvalue weighted by Gasteiger charge is -2.35. The standard InChI is InChI=1S/C23H22F3N3O3/c1-28-21(31)17-10-9-16(12-18(17)22(28)32)27-20(30)13-29-11-3-2-4-19(29)14-5-7-15(8-6-14)23(24,25)26/h5-10,12,19H,2-4,11,13H2,1H3,(H,27,30). The van der Waals surface area contributed by atoms with E-state index in [0.717, 1.165) is 41.9 Å². The van der Waals surface area contributed by atoms with Gasteiger partial charge in [0.2, 0.25) is 5.91 Å². The van der Waals surface area contributed by atoms with Crippen molar-refractivity contribution in [2.45, 2.75) is 31.5 Å². The Hall–Kier alpha value is -3.20. The number of halogens is 3. The van der Waals surface area contributed by atoms with E-state index in [0.29, 0.717) is 17.8 Å². The summed E-state index contributed by atoms with van der Waals surface area (Å²) in [5, 5.41) is 2.76. The van der Waals surface area contributed by atoms with Crippen LogP contribution in [0, 0.1) is 0 Å². The Morgan fingerprint density at radius 2 is 1.72 bits per heavy atom. The Morgan fingerprint density at radius 1 is 1.03 bits per heavy atom. The monoisotopic (exact) mass is 445 g/mol. The van der Waals surface area contributed by atoms with Crippen LogP contribution in [0.1, 0.15) is 57.1 Å². The molecule has 0 bridgehead atoms. The average Bonchev–Trinajstić information content (AvgIpc) is 2.97. The van der Waals surface area contributed by atoms with E-state index in [1.807, 2.05) is 4.90 Å². The van der Waals surface area contributed by atoms with Gasteiger partial charge >= 0.3 is 6.18 Å². The van der Waals surface area contributed by atoms with E-state index in [-0.39, 0.29) is 30.0 Å². The van der Waals surface area contributed by atoms with Gasteiger partial charge in [-0.15, -0.1) is 0 Å². The molecule has 32 heavy (non-hydrogen) atoms. The summed E-state index contributed by atoms with van der Waals surface area (Å²) in [5.41, 5.74) is 1.00. The fraction of sp³-hybridized carbons (Fsp3) is 0.348. The number of imide groups is 1. The lowest BCUT2D eigenvalue weighted by molar-refractivity contribution is -0.137. The van der Waals surface area contributed by atoms with Crippen molar-refractivity contribution in [1.82, 2.24) is 9.80 Å². The molecule has 0 aliphatic carbocycles. The predicted molar refractivity (Wildman–Crippen MR) is 111 cm³/mol. The van der Waals surface area contributed by atoms with Crippen molar-refractivity contribution in [2.24, 2.45) is 0 Å². The first kappa shape index (κ1) is 22.0. The molecular formula is C23H22F3N3O3. The van der Waals surface area contributed by atoms with Crippen LogP contribution in [0.4, 0.5) is 18.9 Å². The third-order valence-electron chi connectivity index (χ3n) is 5.96. The van der Waals surface area contributed by atoms with Crippen LogP contribution in [0.2, 0.25) is 0 Å². The van der Waals surface area contributed by atoms with Gasteiger partial charge in [0.1, 0.15) is 0 Å². The highest BCUT2D eigenvalue weighted by molar-refractivity contribution is 6.21. The normalized spacial score (nSPS) is 19.2. The van der Waals surface area contributed by atoms with Crippen molar-refractivity contribution >= 4 is 23.4 Å². The van der Waals surface area contributed by atoms with Crippen LogP contribution in [0.25, 0.3) is 0 Å². The number of hydrogen-bond acceptors (Lipinski definition) is 4. The van der Waals surface area contributed by atoms with Gasteiger partial charge < -0.3 is 5.32 Å². The van der Waals surface area contributed by atoms with Crippen molar-refractivity contribution in [1.29, 1.82) is 0 Å². The van der Waals surface area contributed by atoms with Crippen LogP contribution in [0.3, 0.4) is 0 Å². The Labute approximate surface area is 183 Å². The first-order chi connectivity index (χ1) is 15.1. The number of amides is 3. The zero-order chi connectivity index (χ0) is 23.0. The van der Waals surface area contributed by atoms with Gasteiger partial charge in [-0.2, -0.15) is 13.2 Å². The second-order valence-electron chi connectivity index (χ2n) is 8.08. The molecular weight excluding hydrogens is 423 g/mol. The summed E-state index contributed by atoms with van der Waals surface area (Å²) < 4.78 is 38.6. The molecule has 1 atom stereocenters. The van der Waals surface area contributed by atoms with Gasteiger partial charge in [0.25, 0.3) is 11.8 Å². The van der Waals surface area contributed by atoms with E-state index in [1.165, 1.54) is 31.3 Å². The summed E-state index contributed by atoms with van der Waals surface area (Å²) >= 11 is 0. The number of piperidine rings is 1. The highest BCUT2D eigenvalue weighted by Crippen LogP contribution is 2.34. The maximum atomic E-state index is 12.9. The van der Waals surface area contributed by atoms with Crippen LogP contribution >= 0.6 is 0 Å². The molecule has 2 aromatic carbocycles. The zero-order valence-corrected chi connectivity index (χ0v) is 17.4. The summed E-state index contributed by atoms with van der Waals surface area (Å²) in [6.45, 7) is 0.719. The number of carbonyl (C=O) groups excluding carboxylic acids is 3. The number of rotatable bonds is 4. The van der Waals surface area contributed by atoms with Crippen LogP contribution in [0.15, 0.2) is 42.5 Å². The quantitative estimate of drug-likeness (QED) is 0.720. The van der Waals surface area contributed by atoms with Crippen molar-refractivity contribution in [3.8, 4) is 0 Å². The fourth-order valence-corrected chi connectivity index (χ4v) is 4.28. The third kappa shape index (κ3) is 4.25. The lowest BCUT2D eigenvalue weighted by Crippen LogP contribution is -2.39. The number of hydrogen-bond donors (Lipinski definition) is 1. The summed E-state index contributed by atoms with van der Waals surface area (Å²) in [5.74, 6) is -1.09. The largest absolute Gasteiger partial charge is 0.416 e. The minimum absolute atomic E-state index is 0.0650. The molecule has 4 rings (SSSR count). The fourth-order valence-electron chi connectivity index (χ4n) is 4.28. The topological polar surface area (TPSA) is 69.7 Å². The number of anilines is 1. The molecule has 2 heterocycles. The van der Waals surface area contributed by atoms with E-state index in [4.69, 9.17) is 0 Å². The van der Waals surface area contributed by atoms with Crippen molar-refractivity contribution in [2.75, 3.05) is 25.5 Å². The summed E-state index contributed by atoms with van der Waals surface area (Å²) in [7, 11) is 1.40. The molecule has 168 valence electrons. The van der Waals surface area contributed by atoms with Gasteiger partial charge in [0.05, 0.1) is 23.2 Å². The summed E-state index contributed by atoms with van der Waals surface area (Å²) in [4.78, 5) is 39.8. The number of carbonyl (C=O) groups is 3. The molecule has 1 fully saturated rings. The highest BCUT2D eigenvalue weighted by atomic mass is 19.4. The number of nitrogens with zero attached hydrogens (tertiary/aromatic N) is 2. The van der Waals surface area contributed by atoms with Gasteiger partial charge in [-0.05, 0) is 55.3 Å². The van der Waals surface area contributed by atoms with E-state index in [2.05, 4.69) is 5.32 Å². The van der Waals surface area contributed by atoms with E-state index in [1.54, 1.807) is 6.07 Å². The van der Waals surface area contributed by atoms with Gasteiger partial charge in [-0.25, -0.2) is 0 Å². The SMILES string of the molecule is CN1C(=O)c2ccc(NC(=O)CN3CCCCC3c3ccc(C(F)(F)F)cc3)cc2C1=O. The Balaban J connectivity index is 1.45. The second-order valence-corrected chi connectivity index (χ2v) is 8.08. The van der Waals surface area contributed by atoms with Crippen LogP contribution in [-0.4, -0.2) is 47.7 Å². The molecule has 2 aliphatic rings. The molecule has 0 aromatic heterocycles. The minimum Gasteiger partial charge on any atom is -0.325 e. The predicted octanol–water partition coefficient (Wildman–Crippen LogP) is 4.10. The average molecular weight is 445 g/mol. The van der Waals surface area contributed by atoms with E-state index >= 15 is 0 Å². The van der Waals surface area contributed by atoms with Gasteiger partial charge in [-0.3, -0.25) is 24.2 Å². The zero-order valence-electron chi connectivity index (χ0n) is 17.4. The molecule has 0 spiro atoms. The second kappa shape index (κ2) is 8.38. The molecule has 6 nitrogen and oxygen atoms in total. The molecule has 2 aliphatic heterocycles. The molecule has 1 saturated heterocycles. The number of nitrogens with one attached hydrogen (secondary N) is 1. The molecule has 2 aromatic rings. The van der Waals surface area contributed by atoms with Crippen molar-refractivity contribution in [3.05, 3.63) is 64.7 Å². The Kier molecular flexibility index (Phi) is 5.77. The van der Waals surface area contributed by atoms with Crippen molar-refractivity contribution < 1.29 is 27.6 Å². The number of fused-ring (bicyclic) bond motifs is 1. The smallest absolute Gasteiger partial charge is 0.325 e. The lowest BCUT2D eigenvalue weighted by atomic mass is 9.94. The number of alkyl halides is 3.